The molecule has 5 nitrogen and oxygen atoms in total. The van der Waals surface area contributed by atoms with Crippen molar-refractivity contribution in [3.8, 4) is 0 Å². The lowest BCUT2D eigenvalue weighted by atomic mass is 10.2. The second-order valence-electron chi connectivity index (χ2n) is 4.82. The Labute approximate surface area is 130 Å². The molecule has 2 aromatic carbocycles. The van der Waals surface area contributed by atoms with Gasteiger partial charge in [0.25, 0.3) is 11.5 Å². The number of carbonyl (C=O) groups is 1. The number of aromatic nitrogens is 1. The number of pyridine rings is 1. The lowest BCUT2D eigenvalue weighted by Crippen LogP contribution is -2.20. The van der Waals surface area contributed by atoms with E-state index in [4.69, 9.17) is 0 Å². The third-order valence-corrected chi connectivity index (χ3v) is 3.27. The van der Waals surface area contributed by atoms with Crippen molar-refractivity contribution in [2.75, 3.05) is 0 Å². The monoisotopic (exact) mass is 309 g/mol. The number of rotatable bonds is 3. The van der Waals surface area contributed by atoms with Crippen molar-refractivity contribution in [3.05, 3.63) is 81.9 Å². The van der Waals surface area contributed by atoms with Gasteiger partial charge in [-0.15, -0.1) is 0 Å². The first kappa shape index (κ1) is 14.6. The predicted molar refractivity (Wildman–Crippen MR) is 86.0 cm³/mol. The maximum absolute atomic E-state index is 13.5. The number of aromatic amines is 1. The van der Waals surface area contributed by atoms with Gasteiger partial charge in [-0.3, -0.25) is 9.59 Å². The van der Waals surface area contributed by atoms with E-state index in [1.54, 1.807) is 18.2 Å². The van der Waals surface area contributed by atoms with E-state index in [9.17, 15) is 14.0 Å². The molecule has 0 bridgehead atoms. The van der Waals surface area contributed by atoms with Crippen LogP contribution >= 0.6 is 0 Å². The molecule has 1 aromatic heterocycles. The van der Waals surface area contributed by atoms with E-state index in [2.05, 4.69) is 15.5 Å². The van der Waals surface area contributed by atoms with E-state index in [1.807, 2.05) is 18.2 Å². The van der Waals surface area contributed by atoms with Gasteiger partial charge in [-0.2, -0.15) is 5.10 Å². The second kappa shape index (κ2) is 6.23. The number of hydrazone groups is 1. The molecule has 3 aromatic rings. The first-order valence-electron chi connectivity index (χ1n) is 6.85. The van der Waals surface area contributed by atoms with Crippen molar-refractivity contribution < 1.29 is 9.18 Å². The van der Waals surface area contributed by atoms with Crippen LogP contribution in [-0.2, 0) is 0 Å². The third-order valence-electron chi connectivity index (χ3n) is 3.27. The SMILES string of the molecule is O=C(N/N=C\c1cc2ccccc2[nH]c1=O)c1ccccc1F. The smallest absolute Gasteiger partial charge is 0.274 e. The van der Waals surface area contributed by atoms with Gasteiger partial charge in [0.15, 0.2) is 0 Å². The van der Waals surface area contributed by atoms with Crippen LogP contribution in [0.3, 0.4) is 0 Å². The van der Waals surface area contributed by atoms with Crippen LogP contribution in [0, 0.1) is 5.82 Å². The van der Waals surface area contributed by atoms with E-state index in [0.717, 1.165) is 5.39 Å². The maximum Gasteiger partial charge on any atom is 0.274 e. The average Bonchev–Trinajstić information content (AvgIpc) is 2.55. The van der Waals surface area contributed by atoms with Gasteiger partial charge in [-0.25, -0.2) is 9.82 Å². The lowest BCUT2D eigenvalue weighted by molar-refractivity contribution is 0.0951. The molecule has 1 heterocycles. The van der Waals surface area contributed by atoms with Gasteiger partial charge in [0.2, 0.25) is 0 Å². The highest BCUT2D eigenvalue weighted by molar-refractivity contribution is 5.95. The summed E-state index contributed by atoms with van der Waals surface area (Å²) in [5.74, 6) is -1.32. The highest BCUT2D eigenvalue weighted by atomic mass is 19.1. The van der Waals surface area contributed by atoms with E-state index in [1.165, 1.54) is 24.4 Å². The Balaban J connectivity index is 1.81. The summed E-state index contributed by atoms with van der Waals surface area (Å²) in [6.45, 7) is 0. The highest BCUT2D eigenvalue weighted by Crippen LogP contribution is 2.09. The van der Waals surface area contributed by atoms with Crippen LogP contribution in [0.15, 0.2) is 64.5 Å². The normalized spacial score (nSPS) is 11.0. The molecule has 2 N–H and O–H groups in total. The van der Waals surface area contributed by atoms with Crippen LogP contribution < -0.4 is 11.0 Å². The van der Waals surface area contributed by atoms with Crippen LogP contribution in [0.5, 0.6) is 0 Å². The number of para-hydroxylation sites is 1. The van der Waals surface area contributed by atoms with Crippen LogP contribution in [0.4, 0.5) is 4.39 Å². The number of fused-ring (bicyclic) bond motifs is 1. The van der Waals surface area contributed by atoms with Gasteiger partial charge in [0.05, 0.1) is 17.3 Å². The van der Waals surface area contributed by atoms with Crippen LogP contribution in [0.2, 0.25) is 0 Å². The summed E-state index contributed by atoms with van der Waals surface area (Å²) in [4.78, 5) is 26.4. The molecule has 1 amide bonds. The summed E-state index contributed by atoms with van der Waals surface area (Å²) in [5, 5.41) is 4.56. The summed E-state index contributed by atoms with van der Waals surface area (Å²) in [6.07, 6.45) is 1.23. The first-order chi connectivity index (χ1) is 11.1. The molecule has 0 aliphatic rings. The minimum absolute atomic E-state index is 0.114. The predicted octanol–water partition coefficient (Wildman–Crippen LogP) is 2.43. The summed E-state index contributed by atoms with van der Waals surface area (Å²) < 4.78 is 13.5. The average molecular weight is 309 g/mol. The molecule has 0 aliphatic heterocycles. The molecule has 0 saturated carbocycles. The molecule has 0 atom stereocenters. The van der Waals surface area contributed by atoms with Crippen molar-refractivity contribution in [1.29, 1.82) is 0 Å². The molecule has 0 aliphatic carbocycles. The minimum Gasteiger partial charge on any atom is -0.321 e. The number of amides is 1. The van der Waals surface area contributed by atoms with E-state index >= 15 is 0 Å². The molecule has 0 saturated heterocycles. The topological polar surface area (TPSA) is 74.3 Å². The number of halogens is 1. The van der Waals surface area contributed by atoms with E-state index in [-0.39, 0.29) is 16.7 Å². The Morgan fingerprint density at radius 1 is 1.13 bits per heavy atom. The summed E-state index contributed by atoms with van der Waals surface area (Å²) in [6, 6.07) is 14.5. The Hall–Kier alpha value is -3.28. The van der Waals surface area contributed by atoms with Gasteiger partial charge < -0.3 is 4.98 Å². The Bertz CT molecular complexity index is 963. The Morgan fingerprint density at radius 3 is 2.70 bits per heavy atom. The molecular formula is C17H12FN3O2. The molecule has 0 spiro atoms. The van der Waals surface area contributed by atoms with Gasteiger partial charge in [0.1, 0.15) is 5.82 Å². The number of H-pyrrole nitrogens is 1. The second-order valence-corrected chi connectivity index (χ2v) is 4.82. The van der Waals surface area contributed by atoms with E-state index in [0.29, 0.717) is 5.52 Å². The number of carbonyl (C=O) groups excluding carboxylic acids is 1. The van der Waals surface area contributed by atoms with Gasteiger partial charge in [-0.1, -0.05) is 30.3 Å². The molecule has 0 radical (unpaired) electrons. The van der Waals surface area contributed by atoms with Crippen molar-refractivity contribution in [1.82, 2.24) is 10.4 Å². The Morgan fingerprint density at radius 2 is 1.87 bits per heavy atom. The van der Waals surface area contributed by atoms with Crippen molar-refractivity contribution in [3.63, 3.8) is 0 Å². The summed E-state index contributed by atoms with van der Waals surface area (Å²) in [7, 11) is 0. The number of hydrogen-bond donors (Lipinski definition) is 2. The highest BCUT2D eigenvalue weighted by Gasteiger charge is 2.09. The molecule has 114 valence electrons. The van der Waals surface area contributed by atoms with Gasteiger partial charge in [0, 0.05) is 5.52 Å². The zero-order chi connectivity index (χ0) is 16.2. The molecule has 3 rings (SSSR count). The fourth-order valence-electron chi connectivity index (χ4n) is 2.13. The van der Waals surface area contributed by atoms with Crippen molar-refractivity contribution >= 4 is 23.0 Å². The van der Waals surface area contributed by atoms with Crippen LogP contribution in [0.1, 0.15) is 15.9 Å². The number of benzene rings is 2. The van der Waals surface area contributed by atoms with Crippen molar-refractivity contribution in [2.24, 2.45) is 5.10 Å². The largest absolute Gasteiger partial charge is 0.321 e. The number of nitrogens with zero attached hydrogens (tertiary/aromatic N) is 1. The molecule has 0 fully saturated rings. The number of hydrogen-bond acceptors (Lipinski definition) is 3. The van der Waals surface area contributed by atoms with Crippen molar-refractivity contribution in [2.45, 2.75) is 0 Å². The van der Waals surface area contributed by atoms with Crippen LogP contribution in [-0.4, -0.2) is 17.1 Å². The fraction of sp³-hybridized carbons (Fsp3) is 0. The molecule has 6 heteroatoms. The van der Waals surface area contributed by atoms with E-state index < -0.39 is 11.7 Å². The summed E-state index contributed by atoms with van der Waals surface area (Å²) >= 11 is 0. The molecular weight excluding hydrogens is 297 g/mol. The van der Waals surface area contributed by atoms with Gasteiger partial charge in [-0.05, 0) is 29.7 Å². The molecule has 0 unspecified atom stereocenters. The first-order valence-corrected chi connectivity index (χ1v) is 6.85. The maximum atomic E-state index is 13.5. The Kier molecular flexibility index (Phi) is 3.97. The summed E-state index contributed by atoms with van der Waals surface area (Å²) in [5.41, 5.74) is 2.76. The standard InChI is InChI=1S/C17H12FN3O2/c18-14-7-3-2-6-13(14)17(23)21-19-10-12-9-11-5-1-4-8-15(11)20-16(12)22/h1-10H,(H,20,22)(H,21,23)/b19-10-. The minimum atomic E-state index is -0.684. The number of nitrogens with one attached hydrogen (secondary N) is 2. The zero-order valence-corrected chi connectivity index (χ0v) is 11.9. The van der Waals surface area contributed by atoms with Gasteiger partial charge >= 0.3 is 0 Å². The third kappa shape index (κ3) is 3.16. The zero-order valence-electron chi connectivity index (χ0n) is 11.9. The fourth-order valence-corrected chi connectivity index (χ4v) is 2.13. The molecule has 23 heavy (non-hydrogen) atoms. The van der Waals surface area contributed by atoms with Crippen LogP contribution in [0.25, 0.3) is 10.9 Å². The lowest BCUT2D eigenvalue weighted by Gasteiger charge is -2.01. The quantitative estimate of drug-likeness (QED) is 0.576.